The molecule has 1 aromatic heterocycles. The molecule has 0 saturated carbocycles. The monoisotopic (exact) mass is 270 g/mol. The summed E-state index contributed by atoms with van der Waals surface area (Å²) in [7, 11) is 0. The van der Waals surface area contributed by atoms with E-state index in [4.69, 9.17) is 19.7 Å². The number of azide groups is 1. The van der Waals surface area contributed by atoms with Gasteiger partial charge in [0.25, 0.3) is 0 Å². The van der Waals surface area contributed by atoms with Crippen LogP contribution in [0, 0.1) is 0 Å². The third-order valence-electron chi connectivity index (χ3n) is 2.08. The lowest BCUT2D eigenvalue weighted by Crippen LogP contribution is -2.13. The minimum Gasteiger partial charge on any atom is -0.379 e. The van der Waals surface area contributed by atoms with E-state index in [9.17, 15) is 0 Å². The van der Waals surface area contributed by atoms with Gasteiger partial charge in [-0.15, -0.1) is 5.10 Å². The standard InChI is InChI=1S/C10H18N6O3/c11-14-12-2-5-17-7-9-19-10-8-18-6-4-16-3-1-13-15-16/h1,3H,2,4-10H2. The van der Waals surface area contributed by atoms with Gasteiger partial charge in [0.1, 0.15) is 0 Å². The van der Waals surface area contributed by atoms with Crippen LogP contribution < -0.4 is 0 Å². The average Bonchev–Trinajstić information content (AvgIpc) is 2.93. The second-order valence-corrected chi connectivity index (χ2v) is 3.46. The molecule has 19 heavy (non-hydrogen) atoms. The highest BCUT2D eigenvalue weighted by molar-refractivity contribution is 4.63. The normalized spacial score (nSPS) is 10.3. The number of nitrogens with zero attached hydrogens (tertiary/aromatic N) is 6. The molecule has 0 bridgehead atoms. The molecular formula is C10H18N6O3. The molecule has 0 unspecified atom stereocenters. The summed E-state index contributed by atoms with van der Waals surface area (Å²) in [4.78, 5) is 2.62. The van der Waals surface area contributed by atoms with E-state index < -0.39 is 0 Å². The van der Waals surface area contributed by atoms with Gasteiger partial charge in [-0.05, 0) is 5.53 Å². The minimum absolute atomic E-state index is 0.349. The molecule has 9 heteroatoms. The van der Waals surface area contributed by atoms with Gasteiger partial charge < -0.3 is 14.2 Å². The quantitative estimate of drug-likeness (QED) is 0.240. The van der Waals surface area contributed by atoms with Gasteiger partial charge in [0, 0.05) is 17.7 Å². The van der Waals surface area contributed by atoms with Crippen LogP contribution >= 0.6 is 0 Å². The van der Waals surface area contributed by atoms with Crippen LogP contribution in [-0.4, -0.2) is 61.2 Å². The summed E-state index contributed by atoms with van der Waals surface area (Å²) >= 11 is 0. The highest BCUT2D eigenvalue weighted by Gasteiger charge is 1.93. The van der Waals surface area contributed by atoms with Crippen molar-refractivity contribution in [3.63, 3.8) is 0 Å². The molecule has 0 aliphatic heterocycles. The SMILES string of the molecule is [N-]=[N+]=NCCOCCOCCOCCn1ccnn1. The molecular weight excluding hydrogens is 252 g/mol. The van der Waals surface area contributed by atoms with Crippen LogP contribution in [0.4, 0.5) is 0 Å². The fraction of sp³-hybridized carbons (Fsp3) is 0.800. The Hall–Kier alpha value is -1.67. The third kappa shape index (κ3) is 8.97. The Labute approximate surface area is 111 Å². The van der Waals surface area contributed by atoms with Crippen molar-refractivity contribution in [2.45, 2.75) is 6.54 Å². The second-order valence-electron chi connectivity index (χ2n) is 3.46. The summed E-state index contributed by atoms with van der Waals surface area (Å²) in [5.41, 5.74) is 8.03. The van der Waals surface area contributed by atoms with Gasteiger partial charge in [-0.2, -0.15) is 0 Å². The molecule has 1 aromatic rings. The number of ether oxygens (including phenoxy) is 3. The van der Waals surface area contributed by atoms with Gasteiger partial charge in [-0.3, -0.25) is 4.68 Å². The Balaban J connectivity index is 1.75. The summed E-state index contributed by atoms with van der Waals surface area (Å²) < 4.78 is 17.5. The van der Waals surface area contributed by atoms with Crippen molar-refractivity contribution in [2.75, 3.05) is 46.2 Å². The molecule has 0 radical (unpaired) electrons. The van der Waals surface area contributed by atoms with E-state index in [0.717, 1.165) is 0 Å². The maximum absolute atomic E-state index is 8.03. The fourth-order valence-electron chi connectivity index (χ4n) is 1.20. The van der Waals surface area contributed by atoms with Crippen molar-refractivity contribution in [2.24, 2.45) is 5.11 Å². The van der Waals surface area contributed by atoms with Crippen LogP contribution in [0.1, 0.15) is 0 Å². The zero-order valence-corrected chi connectivity index (χ0v) is 10.7. The van der Waals surface area contributed by atoms with E-state index in [1.54, 1.807) is 17.1 Å². The van der Waals surface area contributed by atoms with Crippen LogP contribution in [0.2, 0.25) is 0 Å². The van der Waals surface area contributed by atoms with Crippen molar-refractivity contribution < 1.29 is 14.2 Å². The average molecular weight is 270 g/mol. The molecule has 0 amide bonds. The topological polar surface area (TPSA) is 107 Å². The molecule has 0 saturated heterocycles. The van der Waals surface area contributed by atoms with Crippen molar-refractivity contribution >= 4 is 0 Å². The largest absolute Gasteiger partial charge is 0.379 e. The fourth-order valence-corrected chi connectivity index (χ4v) is 1.20. The lowest BCUT2D eigenvalue weighted by molar-refractivity contribution is 0.0141. The van der Waals surface area contributed by atoms with Gasteiger partial charge in [-0.25, -0.2) is 0 Å². The summed E-state index contributed by atoms with van der Waals surface area (Å²) in [5.74, 6) is 0. The molecule has 1 rings (SSSR count). The van der Waals surface area contributed by atoms with Crippen molar-refractivity contribution in [3.05, 3.63) is 22.8 Å². The third-order valence-corrected chi connectivity index (χ3v) is 2.08. The minimum atomic E-state index is 0.349. The lowest BCUT2D eigenvalue weighted by atomic mass is 10.6. The highest BCUT2D eigenvalue weighted by Crippen LogP contribution is 1.85. The molecule has 0 spiro atoms. The summed E-state index contributed by atoms with van der Waals surface area (Å²) in [6, 6.07) is 0. The van der Waals surface area contributed by atoms with Crippen molar-refractivity contribution in [3.8, 4) is 0 Å². The molecule has 106 valence electrons. The first-order chi connectivity index (χ1) is 9.43. The first kappa shape index (κ1) is 15.4. The molecule has 9 nitrogen and oxygen atoms in total. The Bertz CT molecular complexity index is 352. The molecule has 0 aromatic carbocycles. The molecule has 0 aliphatic rings. The number of hydrogen-bond acceptors (Lipinski definition) is 6. The Morgan fingerprint density at radius 3 is 2.37 bits per heavy atom. The van der Waals surface area contributed by atoms with Crippen LogP contribution in [0.3, 0.4) is 0 Å². The maximum atomic E-state index is 8.03. The van der Waals surface area contributed by atoms with E-state index in [1.807, 2.05) is 0 Å². The number of rotatable bonds is 12. The molecule has 0 aliphatic carbocycles. The van der Waals surface area contributed by atoms with Gasteiger partial charge in [0.2, 0.25) is 0 Å². The second kappa shape index (κ2) is 11.4. The van der Waals surface area contributed by atoms with E-state index in [1.165, 1.54) is 0 Å². The van der Waals surface area contributed by atoms with Crippen LogP contribution in [0.15, 0.2) is 17.5 Å². The lowest BCUT2D eigenvalue weighted by Gasteiger charge is -2.06. The summed E-state index contributed by atoms with van der Waals surface area (Å²) in [6.07, 6.45) is 3.42. The van der Waals surface area contributed by atoms with Gasteiger partial charge in [0.15, 0.2) is 0 Å². The maximum Gasteiger partial charge on any atom is 0.0701 e. The first-order valence-corrected chi connectivity index (χ1v) is 6.01. The van der Waals surface area contributed by atoms with E-state index in [-0.39, 0.29) is 0 Å². The Morgan fingerprint density at radius 1 is 1.05 bits per heavy atom. The number of aromatic nitrogens is 3. The first-order valence-electron chi connectivity index (χ1n) is 6.01. The summed E-state index contributed by atoms with van der Waals surface area (Å²) in [6.45, 7) is 4.08. The zero-order valence-electron chi connectivity index (χ0n) is 10.7. The highest BCUT2D eigenvalue weighted by atomic mass is 16.5. The van der Waals surface area contributed by atoms with E-state index >= 15 is 0 Å². The Morgan fingerprint density at radius 2 is 1.74 bits per heavy atom. The van der Waals surface area contributed by atoms with Crippen LogP contribution in [0.5, 0.6) is 0 Å². The van der Waals surface area contributed by atoms with Gasteiger partial charge >= 0.3 is 0 Å². The summed E-state index contributed by atoms with van der Waals surface area (Å²) in [5, 5.41) is 10.8. The van der Waals surface area contributed by atoms with Gasteiger partial charge in [-0.1, -0.05) is 10.3 Å². The predicted octanol–water partition coefficient (Wildman–Crippen LogP) is 0.638. The molecule has 0 atom stereocenters. The van der Waals surface area contributed by atoms with Crippen LogP contribution in [-0.2, 0) is 20.8 Å². The molecule has 0 N–H and O–H groups in total. The zero-order chi connectivity index (χ0) is 13.6. The molecule has 0 fully saturated rings. The molecule has 1 heterocycles. The van der Waals surface area contributed by atoms with Gasteiger partial charge in [0.05, 0.1) is 52.4 Å². The van der Waals surface area contributed by atoms with Crippen LogP contribution in [0.25, 0.3) is 10.4 Å². The van der Waals surface area contributed by atoms with Crippen molar-refractivity contribution in [1.29, 1.82) is 0 Å². The number of hydrogen-bond donors (Lipinski definition) is 0. The van der Waals surface area contributed by atoms with Crippen molar-refractivity contribution in [1.82, 2.24) is 15.0 Å². The van der Waals surface area contributed by atoms with E-state index in [2.05, 4.69) is 20.3 Å². The Kier molecular flexibility index (Phi) is 9.25. The predicted molar refractivity (Wildman–Crippen MR) is 66.5 cm³/mol. The van der Waals surface area contributed by atoms with E-state index in [0.29, 0.717) is 52.7 Å². The smallest absolute Gasteiger partial charge is 0.0701 e.